The summed E-state index contributed by atoms with van der Waals surface area (Å²) in [5.41, 5.74) is 0. The van der Waals surface area contributed by atoms with E-state index in [9.17, 15) is 9.90 Å². The summed E-state index contributed by atoms with van der Waals surface area (Å²) in [5.74, 6) is -1.98. The van der Waals surface area contributed by atoms with Gasteiger partial charge in [-0.05, 0) is 0 Å². The Morgan fingerprint density at radius 1 is 1.14 bits per heavy atom. The molecule has 14 heavy (non-hydrogen) atoms. The SMILES string of the molecule is O=C([O-])[C@@H](O)[C@H](O)[C@H](O)[C@H](O)CO.[Na+]. The van der Waals surface area contributed by atoms with Gasteiger partial charge in [-0.25, -0.2) is 0 Å². The van der Waals surface area contributed by atoms with E-state index in [-0.39, 0.29) is 29.6 Å². The fraction of sp³-hybridized carbons (Fsp3) is 0.833. The second kappa shape index (κ2) is 7.55. The molecule has 78 valence electrons. The first-order chi connectivity index (χ1) is 5.91. The minimum absolute atomic E-state index is 0. The third kappa shape index (κ3) is 4.67. The van der Waals surface area contributed by atoms with Crippen LogP contribution in [-0.2, 0) is 4.79 Å². The summed E-state index contributed by atoms with van der Waals surface area (Å²) in [6.07, 6.45) is -8.08. The maximum Gasteiger partial charge on any atom is 1.00 e. The minimum Gasteiger partial charge on any atom is -0.547 e. The van der Waals surface area contributed by atoms with E-state index < -0.39 is 37.0 Å². The average molecular weight is 218 g/mol. The van der Waals surface area contributed by atoms with Gasteiger partial charge >= 0.3 is 29.6 Å². The van der Waals surface area contributed by atoms with Crippen molar-refractivity contribution in [2.75, 3.05) is 6.61 Å². The van der Waals surface area contributed by atoms with Crippen LogP contribution in [0.2, 0.25) is 0 Å². The number of carbonyl (C=O) groups excluding carboxylic acids is 1. The number of carboxylic acids is 1. The van der Waals surface area contributed by atoms with E-state index in [1.807, 2.05) is 0 Å². The Bertz CT molecular complexity index is 176. The van der Waals surface area contributed by atoms with Gasteiger partial charge in [0, 0.05) is 0 Å². The molecule has 0 spiro atoms. The van der Waals surface area contributed by atoms with Crippen molar-refractivity contribution in [3.05, 3.63) is 0 Å². The van der Waals surface area contributed by atoms with Crippen molar-refractivity contribution >= 4 is 5.97 Å². The van der Waals surface area contributed by atoms with Crippen LogP contribution in [0.5, 0.6) is 0 Å². The van der Waals surface area contributed by atoms with Gasteiger partial charge in [0.1, 0.15) is 24.4 Å². The summed E-state index contributed by atoms with van der Waals surface area (Å²) in [6.45, 7) is -0.863. The zero-order valence-electron chi connectivity index (χ0n) is 7.57. The van der Waals surface area contributed by atoms with Crippen LogP contribution in [0.25, 0.3) is 0 Å². The van der Waals surface area contributed by atoms with Crippen LogP contribution >= 0.6 is 0 Å². The topological polar surface area (TPSA) is 141 Å². The van der Waals surface area contributed by atoms with Crippen LogP contribution < -0.4 is 34.7 Å². The van der Waals surface area contributed by atoms with E-state index in [1.54, 1.807) is 0 Å². The van der Waals surface area contributed by atoms with Crippen LogP contribution in [-0.4, -0.2) is 62.5 Å². The molecule has 0 aliphatic rings. The monoisotopic (exact) mass is 218 g/mol. The summed E-state index contributed by atoms with van der Waals surface area (Å²) < 4.78 is 0. The molecule has 0 bridgehead atoms. The van der Waals surface area contributed by atoms with Crippen LogP contribution in [0.15, 0.2) is 0 Å². The standard InChI is InChI=1S/C6H12O7.Na/c7-1-2(8)3(9)4(10)5(11)6(12)13;/h2-5,7-11H,1H2,(H,12,13);/q;+1/p-1/t2-,3-,4-,5+;/m1./s1. The van der Waals surface area contributed by atoms with Crippen molar-refractivity contribution in [2.45, 2.75) is 24.4 Å². The number of carboxylic acid groups (broad SMARTS) is 1. The first kappa shape index (κ1) is 16.7. The smallest absolute Gasteiger partial charge is 0.547 e. The maximum atomic E-state index is 9.98. The summed E-state index contributed by atoms with van der Waals surface area (Å²) in [7, 11) is 0. The average Bonchev–Trinajstić information content (AvgIpc) is 2.12. The minimum atomic E-state index is -2.31. The van der Waals surface area contributed by atoms with Gasteiger partial charge in [-0.3, -0.25) is 0 Å². The maximum absolute atomic E-state index is 9.98. The van der Waals surface area contributed by atoms with Crippen LogP contribution in [0.1, 0.15) is 0 Å². The number of aliphatic hydroxyl groups is 5. The fourth-order valence-electron chi connectivity index (χ4n) is 0.662. The molecule has 0 saturated heterocycles. The first-order valence-electron chi connectivity index (χ1n) is 3.45. The van der Waals surface area contributed by atoms with Crippen molar-refractivity contribution in [1.29, 1.82) is 0 Å². The zero-order valence-corrected chi connectivity index (χ0v) is 9.57. The van der Waals surface area contributed by atoms with Gasteiger partial charge in [0.15, 0.2) is 0 Å². The van der Waals surface area contributed by atoms with Crippen LogP contribution in [0.4, 0.5) is 0 Å². The molecular weight excluding hydrogens is 207 g/mol. The Hall–Kier alpha value is 0.270. The molecule has 0 aromatic rings. The molecule has 5 N–H and O–H groups in total. The third-order valence-electron chi connectivity index (χ3n) is 1.50. The molecule has 0 saturated carbocycles. The molecule has 4 atom stereocenters. The quantitative estimate of drug-likeness (QED) is 0.288. The normalized spacial score (nSPS) is 18.9. The Balaban J connectivity index is 0. The van der Waals surface area contributed by atoms with Crippen LogP contribution in [0, 0.1) is 0 Å². The van der Waals surface area contributed by atoms with Gasteiger partial charge < -0.3 is 35.4 Å². The summed E-state index contributed by atoms with van der Waals surface area (Å²) >= 11 is 0. The fourth-order valence-corrected chi connectivity index (χ4v) is 0.662. The Morgan fingerprint density at radius 3 is 1.86 bits per heavy atom. The number of rotatable bonds is 5. The van der Waals surface area contributed by atoms with Gasteiger partial charge in [0.2, 0.25) is 0 Å². The van der Waals surface area contributed by atoms with Crippen molar-refractivity contribution in [2.24, 2.45) is 0 Å². The molecule has 0 radical (unpaired) electrons. The predicted octanol–water partition coefficient (Wildman–Crippen LogP) is -7.82. The molecule has 0 rings (SSSR count). The number of carbonyl (C=O) groups is 1. The summed E-state index contributed by atoms with van der Waals surface area (Å²) in [4.78, 5) is 9.98. The van der Waals surface area contributed by atoms with E-state index in [4.69, 9.17) is 25.5 Å². The molecule has 0 heterocycles. The molecule has 0 aromatic carbocycles. The van der Waals surface area contributed by atoms with Gasteiger partial charge in [0.05, 0.1) is 12.6 Å². The second-order valence-electron chi connectivity index (χ2n) is 2.49. The number of hydrogen-bond donors (Lipinski definition) is 5. The Kier molecular flexibility index (Phi) is 9.00. The molecule has 0 aliphatic heterocycles. The molecule has 0 aliphatic carbocycles. The molecule has 7 nitrogen and oxygen atoms in total. The Morgan fingerprint density at radius 2 is 1.57 bits per heavy atom. The van der Waals surface area contributed by atoms with Gasteiger partial charge in [-0.15, -0.1) is 0 Å². The molecule has 0 aromatic heterocycles. The summed E-state index contributed by atoms with van der Waals surface area (Å²) in [6, 6.07) is 0. The molecule has 0 unspecified atom stereocenters. The van der Waals surface area contributed by atoms with Gasteiger partial charge in [-0.1, -0.05) is 0 Å². The number of hydrogen-bond acceptors (Lipinski definition) is 7. The van der Waals surface area contributed by atoms with E-state index >= 15 is 0 Å². The Labute approximate surface area is 102 Å². The molecule has 0 amide bonds. The molecular formula is C6H11NaO7. The van der Waals surface area contributed by atoms with E-state index in [0.29, 0.717) is 0 Å². The molecule has 8 heteroatoms. The molecule has 0 fully saturated rings. The number of aliphatic carboxylic acids is 1. The van der Waals surface area contributed by atoms with Crippen molar-refractivity contribution in [3.63, 3.8) is 0 Å². The van der Waals surface area contributed by atoms with Crippen molar-refractivity contribution in [1.82, 2.24) is 0 Å². The van der Waals surface area contributed by atoms with E-state index in [1.165, 1.54) is 0 Å². The van der Waals surface area contributed by atoms with Crippen molar-refractivity contribution < 1.29 is 65.0 Å². The largest absolute Gasteiger partial charge is 1.00 e. The zero-order chi connectivity index (χ0) is 10.6. The predicted molar refractivity (Wildman–Crippen MR) is 36.1 cm³/mol. The van der Waals surface area contributed by atoms with E-state index in [2.05, 4.69) is 0 Å². The second-order valence-corrected chi connectivity index (χ2v) is 2.49. The summed E-state index contributed by atoms with van der Waals surface area (Å²) in [5, 5.41) is 53.4. The van der Waals surface area contributed by atoms with Crippen LogP contribution in [0.3, 0.4) is 0 Å². The third-order valence-corrected chi connectivity index (χ3v) is 1.50. The van der Waals surface area contributed by atoms with Crippen molar-refractivity contribution in [3.8, 4) is 0 Å². The number of aliphatic hydroxyl groups excluding tert-OH is 5. The van der Waals surface area contributed by atoms with E-state index in [0.717, 1.165) is 0 Å². The van der Waals surface area contributed by atoms with Gasteiger partial charge in [0.25, 0.3) is 0 Å². The van der Waals surface area contributed by atoms with Gasteiger partial charge in [-0.2, -0.15) is 0 Å². The first-order valence-corrected chi connectivity index (χ1v) is 3.45.